The Hall–Kier alpha value is -0.830. The van der Waals surface area contributed by atoms with Gasteiger partial charge in [-0.15, -0.1) is 0 Å². The lowest BCUT2D eigenvalue weighted by Crippen LogP contribution is -2.25. The second-order valence-corrected chi connectivity index (χ2v) is 8.54. The molecular weight excluding hydrogens is 273 g/mol. The van der Waals surface area contributed by atoms with Crippen LogP contribution in [0.15, 0.2) is 12.1 Å². The molecule has 1 aromatic rings. The fraction of sp³-hybridized carbons (Fsp3) is 0.579. The number of aryl methyl sites for hydroxylation is 3. The van der Waals surface area contributed by atoms with Gasteiger partial charge in [0.2, 0.25) is 0 Å². The first kappa shape index (κ1) is 18.2. The molecule has 0 aliphatic carbocycles. The van der Waals surface area contributed by atoms with Crippen molar-refractivity contribution in [2.75, 3.05) is 13.1 Å². The van der Waals surface area contributed by atoms with E-state index in [1.54, 1.807) is 0 Å². The van der Waals surface area contributed by atoms with Gasteiger partial charge in [0.1, 0.15) is 0 Å². The van der Waals surface area contributed by atoms with Crippen LogP contribution in [0, 0.1) is 37.8 Å². The van der Waals surface area contributed by atoms with Crippen LogP contribution in [-0.4, -0.2) is 17.8 Å². The van der Waals surface area contributed by atoms with Gasteiger partial charge >= 0.3 is 0 Å². The summed E-state index contributed by atoms with van der Waals surface area (Å²) >= 11 is 0. The van der Waals surface area contributed by atoms with Crippen LogP contribution < -0.4 is 5.30 Å². The van der Waals surface area contributed by atoms with Gasteiger partial charge in [0.25, 0.3) is 0 Å². The molecule has 0 fully saturated rings. The maximum atomic E-state index is 3.62. The fourth-order valence-electron chi connectivity index (χ4n) is 2.50. The van der Waals surface area contributed by atoms with Gasteiger partial charge in [-0.2, -0.15) is 0 Å². The Labute approximate surface area is 132 Å². The molecule has 0 saturated carbocycles. The van der Waals surface area contributed by atoms with Gasteiger partial charge in [-0.3, -0.25) is 4.67 Å². The highest BCUT2D eigenvalue weighted by Gasteiger charge is 2.20. The maximum absolute atomic E-state index is 3.62. The third-order valence-corrected chi connectivity index (χ3v) is 5.98. The van der Waals surface area contributed by atoms with Crippen LogP contribution in [-0.2, 0) is 0 Å². The molecule has 0 heterocycles. The number of benzene rings is 1. The number of nitrogens with zero attached hydrogens (tertiary/aromatic N) is 1. The molecule has 0 aliphatic rings. The van der Waals surface area contributed by atoms with Crippen molar-refractivity contribution in [3.05, 3.63) is 28.8 Å². The standard InChI is InChI=1S/C19H30NP/c1-9-20(10-2)21(12-11-19(6,7)8)18-16(4)13-15(3)14-17(18)5/h13-14H,9-10H2,1-8H3. The van der Waals surface area contributed by atoms with Gasteiger partial charge < -0.3 is 0 Å². The molecule has 2 heteroatoms. The lowest BCUT2D eigenvalue weighted by molar-refractivity contribution is 0.514. The van der Waals surface area contributed by atoms with Gasteiger partial charge in [-0.1, -0.05) is 43.1 Å². The molecule has 0 saturated heterocycles. The van der Waals surface area contributed by atoms with Gasteiger partial charge in [0.15, 0.2) is 0 Å². The second kappa shape index (κ2) is 7.44. The first-order chi connectivity index (χ1) is 9.69. The summed E-state index contributed by atoms with van der Waals surface area (Å²) in [5.41, 5.74) is 7.78. The molecule has 0 bridgehead atoms. The van der Waals surface area contributed by atoms with Gasteiger partial charge in [0, 0.05) is 23.8 Å². The zero-order chi connectivity index (χ0) is 16.2. The zero-order valence-corrected chi connectivity index (χ0v) is 15.9. The molecule has 1 rings (SSSR count). The van der Waals surface area contributed by atoms with Gasteiger partial charge in [0.05, 0.1) is 8.07 Å². The third kappa shape index (κ3) is 5.14. The van der Waals surface area contributed by atoms with Crippen LogP contribution in [0.5, 0.6) is 0 Å². The largest absolute Gasteiger partial charge is 0.269 e. The van der Waals surface area contributed by atoms with Crippen molar-refractivity contribution in [2.24, 2.45) is 5.41 Å². The van der Waals surface area contributed by atoms with Crippen LogP contribution in [0.2, 0.25) is 0 Å². The van der Waals surface area contributed by atoms with E-state index in [0.29, 0.717) is 0 Å². The summed E-state index contributed by atoms with van der Waals surface area (Å²) in [5, 5.41) is 1.45. The average molecular weight is 303 g/mol. The summed E-state index contributed by atoms with van der Waals surface area (Å²) in [6.45, 7) is 19.7. The predicted octanol–water partition coefficient (Wildman–Crippen LogP) is 4.98. The van der Waals surface area contributed by atoms with Crippen LogP contribution in [0.3, 0.4) is 0 Å². The van der Waals surface area contributed by atoms with Gasteiger partial charge in [-0.25, -0.2) is 0 Å². The monoisotopic (exact) mass is 303 g/mol. The Morgan fingerprint density at radius 2 is 1.48 bits per heavy atom. The van der Waals surface area contributed by atoms with E-state index in [1.807, 2.05) is 0 Å². The molecule has 1 unspecified atom stereocenters. The quantitative estimate of drug-likeness (QED) is 0.560. The molecule has 0 radical (unpaired) electrons. The van der Waals surface area contributed by atoms with Crippen molar-refractivity contribution in [1.82, 2.24) is 4.67 Å². The van der Waals surface area contributed by atoms with E-state index < -0.39 is 8.07 Å². The van der Waals surface area contributed by atoms with E-state index in [1.165, 1.54) is 22.0 Å². The second-order valence-electron chi connectivity index (χ2n) is 6.68. The van der Waals surface area contributed by atoms with E-state index in [4.69, 9.17) is 0 Å². The molecular formula is C19H30NP. The normalized spacial score (nSPS) is 13.0. The SMILES string of the molecule is CCN(CC)P(C#CC(C)(C)C)c1c(C)cc(C)cc1C. The number of rotatable bonds is 4. The summed E-state index contributed by atoms with van der Waals surface area (Å²) in [7, 11) is -0.566. The van der Waals surface area contributed by atoms with Crippen LogP contribution in [0.4, 0.5) is 0 Å². The molecule has 21 heavy (non-hydrogen) atoms. The van der Waals surface area contributed by atoms with Crippen LogP contribution in [0.25, 0.3) is 0 Å². The molecule has 1 atom stereocenters. The highest BCUT2D eigenvalue weighted by Crippen LogP contribution is 2.40. The average Bonchev–Trinajstić information content (AvgIpc) is 2.34. The van der Waals surface area contributed by atoms with Crippen LogP contribution in [0.1, 0.15) is 51.3 Å². The Balaban J connectivity index is 3.40. The van der Waals surface area contributed by atoms with E-state index in [0.717, 1.165) is 13.1 Å². The Bertz CT molecular complexity index is 516. The number of hydrogen-bond donors (Lipinski definition) is 0. The van der Waals surface area contributed by atoms with Crippen molar-refractivity contribution in [3.63, 3.8) is 0 Å². The summed E-state index contributed by atoms with van der Waals surface area (Å²) < 4.78 is 2.51. The molecule has 0 aromatic heterocycles. The Kier molecular flexibility index (Phi) is 6.45. The first-order valence-electron chi connectivity index (χ1n) is 7.85. The fourth-order valence-corrected chi connectivity index (χ4v) is 4.84. The van der Waals surface area contributed by atoms with Crippen molar-refractivity contribution in [2.45, 2.75) is 55.4 Å². The van der Waals surface area contributed by atoms with E-state index in [9.17, 15) is 0 Å². The summed E-state index contributed by atoms with van der Waals surface area (Å²) in [5.74, 6) is 3.48. The maximum Gasteiger partial charge on any atom is 0.0767 e. The minimum absolute atomic E-state index is 0.0558. The first-order valence-corrected chi connectivity index (χ1v) is 9.14. The summed E-state index contributed by atoms with van der Waals surface area (Å²) in [6, 6.07) is 4.58. The Morgan fingerprint density at radius 1 is 1.00 bits per heavy atom. The smallest absolute Gasteiger partial charge is 0.0767 e. The summed E-state index contributed by atoms with van der Waals surface area (Å²) in [6.07, 6.45) is 0. The molecule has 1 aromatic carbocycles. The third-order valence-electron chi connectivity index (χ3n) is 3.40. The van der Waals surface area contributed by atoms with Gasteiger partial charge in [-0.05, 0) is 52.7 Å². The predicted molar refractivity (Wildman–Crippen MR) is 97.4 cm³/mol. The minimum atomic E-state index is -0.566. The van der Waals surface area contributed by atoms with Crippen LogP contribution >= 0.6 is 8.07 Å². The van der Waals surface area contributed by atoms with Crippen molar-refractivity contribution < 1.29 is 0 Å². The molecule has 0 amide bonds. The topological polar surface area (TPSA) is 3.24 Å². The van der Waals surface area contributed by atoms with Crippen molar-refractivity contribution >= 4 is 13.4 Å². The van der Waals surface area contributed by atoms with Crippen molar-refractivity contribution in [3.8, 4) is 11.6 Å². The van der Waals surface area contributed by atoms with E-state index >= 15 is 0 Å². The van der Waals surface area contributed by atoms with Crippen molar-refractivity contribution in [1.29, 1.82) is 0 Å². The zero-order valence-electron chi connectivity index (χ0n) is 15.0. The number of hydrogen-bond acceptors (Lipinski definition) is 1. The summed E-state index contributed by atoms with van der Waals surface area (Å²) in [4.78, 5) is 0. The molecule has 116 valence electrons. The Morgan fingerprint density at radius 3 is 1.86 bits per heavy atom. The lowest BCUT2D eigenvalue weighted by Gasteiger charge is -2.28. The molecule has 0 N–H and O–H groups in total. The highest BCUT2D eigenvalue weighted by atomic mass is 31.1. The van der Waals surface area contributed by atoms with E-state index in [2.05, 4.69) is 83.8 Å². The molecule has 0 spiro atoms. The van der Waals surface area contributed by atoms with E-state index in [-0.39, 0.29) is 5.41 Å². The lowest BCUT2D eigenvalue weighted by atomic mass is 9.99. The highest BCUT2D eigenvalue weighted by molar-refractivity contribution is 7.68. The minimum Gasteiger partial charge on any atom is -0.269 e. The molecule has 1 nitrogen and oxygen atoms in total. The molecule has 0 aliphatic heterocycles.